The number of aliphatic hydroxyl groups is 1. The first-order valence-electron chi connectivity index (χ1n) is 7.29. The number of aliphatic hydroxyl groups excluding tert-OH is 1. The molecule has 0 saturated carbocycles. The van der Waals surface area contributed by atoms with E-state index in [0.717, 1.165) is 11.6 Å². The second-order valence-corrected chi connectivity index (χ2v) is 5.42. The molecule has 0 aromatic heterocycles. The van der Waals surface area contributed by atoms with Crippen LogP contribution in [0.2, 0.25) is 5.02 Å². The fourth-order valence-electron chi connectivity index (χ4n) is 2.19. The monoisotopic (exact) mass is 352 g/mol. The lowest BCUT2D eigenvalue weighted by Gasteiger charge is -2.23. The lowest BCUT2D eigenvalue weighted by Crippen LogP contribution is -2.36. The van der Waals surface area contributed by atoms with Crippen LogP contribution in [0.4, 0.5) is 14.9 Å². The van der Waals surface area contributed by atoms with Crippen molar-refractivity contribution in [2.75, 3.05) is 25.6 Å². The Morgan fingerprint density at radius 3 is 2.75 bits per heavy atom. The highest BCUT2D eigenvalue weighted by Gasteiger charge is 2.16. The Morgan fingerprint density at radius 2 is 2.08 bits per heavy atom. The van der Waals surface area contributed by atoms with Gasteiger partial charge >= 0.3 is 6.03 Å². The number of anilines is 1. The third-order valence-corrected chi connectivity index (χ3v) is 3.69. The molecule has 0 saturated heterocycles. The van der Waals surface area contributed by atoms with E-state index in [1.165, 1.54) is 17.0 Å². The Bertz CT molecular complexity index is 712. The van der Waals surface area contributed by atoms with Crippen molar-refractivity contribution in [1.29, 1.82) is 0 Å². The van der Waals surface area contributed by atoms with Gasteiger partial charge in [0.2, 0.25) is 0 Å². The Hall–Kier alpha value is -2.31. The average molecular weight is 353 g/mol. The summed E-state index contributed by atoms with van der Waals surface area (Å²) in [5, 5.41) is 11.8. The number of benzene rings is 2. The summed E-state index contributed by atoms with van der Waals surface area (Å²) in [5.41, 5.74) is 1.08. The minimum atomic E-state index is -0.618. The molecule has 2 N–H and O–H groups in total. The van der Waals surface area contributed by atoms with Gasteiger partial charge in [0.1, 0.15) is 11.6 Å². The molecular weight excluding hydrogens is 335 g/mol. The molecule has 0 unspecified atom stereocenters. The van der Waals surface area contributed by atoms with Crippen LogP contribution >= 0.6 is 11.6 Å². The number of carbonyl (C=O) groups excluding carboxylic acids is 1. The van der Waals surface area contributed by atoms with Crippen molar-refractivity contribution in [3.63, 3.8) is 0 Å². The van der Waals surface area contributed by atoms with E-state index in [4.69, 9.17) is 16.3 Å². The topological polar surface area (TPSA) is 61.8 Å². The maximum Gasteiger partial charge on any atom is 0.322 e. The summed E-state index contributed by atoms with van der Waals surface area (Å²) in [4.78, 5) is 13.8. The molecule has 0 aliphatic carbocycles. The van der Waals surface area contributed by atoms with Gasteiger partial charge in [0.25, 0.3) is 0 Å². The fourth-order valence-corrected chi connectivity index (χ4v) is 2.31. The Labute approximate surface area is 144 Å². The van der Waals surface area contributed by atoms with Crippen LogP contribution in [0.5, 0.6) is 5.75 Å². The van der Waals surface area contributed by atoms with Gasteiger partial charge in [0.15, 0.2) is 0 Å². The molecule has 2 aromatic rings. The molecule has 0 aliphatic heterocycles. The van der Waals surface area contributed by atoms with Crippen molar-refractivity contribution in [3.8, 4) is 5.75 Å². The molecule has 128 valence electrons. The molecule has 5 nitrogen and oxygen atoms in total. The smallest absolute Gasteiger partial charge is 0.322 e. The molecule has 7 heteroatoms. The van der Waals surface area contributed by atoms with E-state index < -0.39 is 11.8 Å². The normalized spacial score (nSPS) is 10.3. The summed E-state index contributed by atoms with van der Waals surface area (Å²) in [7, 11) is 1.55. The van der Waals surface area contributed by atoms with Crippen LogP contribution in [0.3, 0.4) is 0 Å². The van der Waals surface area contributed by atoms with Gasteiger partial charge in [0, 0.05) is 17.8 Å². The molecule has 2 aromatic carbocycles. The van der Waals surface area contributed by atoms with Crippen LogP contribution in [0.1, 0.15) is 5.56 Å². The highest BCUT2D eigenvalue weighted by Crippen LogP contribution is 2.21. The zero-order valence-electron chi connectivity index (χ0n) is 13.1. The van der Waals surface area contributed by atoms with Gasteiger partial charge in [-0.3, -0.25) is 0 Å². The number of carbonyl (C=O) groups is 1. The van der Waals surface area contributed by atoms with Crippen LogP contribution in [-0.2, 0) is 6.54 Å². The van der Waals surface area contributed by atoms with Crippen LogP contribution in [0, 0.1) is 5.82 Å². The van der Waals surface area contributed by atoms with Gasteiger partial charge in [-0.15, -0.1) is 0 Å². The predicted molar refractivity (Wildman–Crippen MR) is 90.9 cm³/mol. The van der Waals surface area contributed by atoms with Gasteiger partial charge in [-0.25, -0.2) is 9.18 Å². The Kier molecular flexibility index (Phi) is 6.40. The molecular formula is C17H18ClFN2O3. The summed E-state index contributed by atoms with van der Waals surface area (Å²) in [6.45, 7) is 0.171. The van der Waals surface area contributed by atoms with Gasteiger partial charge in [0.05, 0.1) is 25.3 Å². The number of halogens is 2. The standard InChI is InChI=1S/C17H18ClFN2O3/c1-24-16-5-3-2-4-12(16)11-21(8-9-22)17(23)20-13-6-7-14(18)15(19)10-13/h2-7,10,22H,8-9,11H2,1H3,(H,20,23). The summed E-state index contributed by atoms with van der Waals surface area (Å²) in [5.74, 6) is 0.0266. The number of hydrogen-bond acceptors (Lipinski definition) is 3. The van der Waals surface area contributed by atoms with E-state index in [0.29, 0.717) is 5.75 Å². The lowest BCUT2D eigenvalue weighted by atomic mass is 10.2. The van der Waals surface area contributed by atoms with Crippen molar-refractivity contribution >= 4 is 23.3 Å². The van der Waals surface area contributed by atoms with Crippen LogP contribution in [0.15, 0.2) is 42.5 Å². The quantitative estimate of drug-likeness (QED) is 0.836. The minimum Gasteiger partial charge on any atom is -0.496 e. The van der Waals surface area contributed by atoms with Crippen LogP contribution < -0.4 is 10.1 Å². The summed E-state index contributed by atoms with van der Waals surface area (Å²) in [6, 6.07) is 10.8. The number of amides is 2. The van der Waals surface area contributed by atoms with Crippen molar-refractivity contribution in [2.45, 2.75) is 6.54 Å². The first kappa shape index (κ1) is 18.0. The maximum absolute atomic E-state index is 13.5. The number of methoxy groups -OCH3 is 1. The highest BCUT2D eigenvalue weighted by molar-refractivity contribution is 6.30. The first-order valence-corrected chi connectivity index (χ1v) is 7.66. The van der Waals surface area contributed by atoms with Gasteiger partial charge in [-0.05, 0) is 24.3 Å². The predicted octanol–water partition coefficient (Wildman–Crippen LogP) is 3.51. The van der Waals surface area contributed by atoms with E-state index in [1.54, 1.807) is 13.2 Å². The highest BCUT2D eigenvalue weighted by atomic mass is 35.5. The van der Waals surface area contributed by atoms with E-state index in [9.17, 15) is 14.3 Å². The minimum absolute atomic E-state index is 0.0192. The molecule has 0 spiro atoms. The van der Waals surface area contributed by atoms with Crippen molar-refractivity contribution < 1.29 is 19.0 Å². The number of hydrogen-bond donors (Lipinski definition) is 2. The first-order chi connectivity index (χ1) is 11.5. The van der Waals surface area contributed by atoms with E-state index in [1.807, 2.05) is 18.2 Å². The third kappa shape index (κ3) is 4.59. The SMILES string of the molecule is COc1ccccc1CN(CCO)C(=O)Nc1ccc(Cl)c(F)c1. The molecule has 0 bridgehead atoms. The number of para-hydroxylation sites is 1. The van der Waals surface area contributed by atoms with Crippen LogP contribution in [-0.4, -0.2) is 36.3 Å². The van der Waals surface area contributed by atoms with Gasteiger partial charge in [-0.2, -0.15) is 0 Å². The molecule has 2 amide bonds. The van der Waals surface area contributed by atoms with Crippen molar-refractivity contribution in [3.05, 3.63) is 58.9 Å². The van der Waals surface area contributed by atoms with E-state index in [-0.39, 0.29) is 30.4 Å². The fraction of sp³-hybridized carbons (Fsp3) is 0.235. The summed E-state index contributed by atoms with van der Waals surface area (Å²) in [6.07, 6.45) is 0. The summed E-state index contributed by atoms with van der Waals surface area (Å²) < 4.78 is 18.7. The van der Waals surface area contributed by atoms with E-state index in [2.05, 4.69) is 5.32 Å². The molecule has 0 radical (unpaired) electrons. The largest absolute Gasteiger partial charge is 0.496 e. The molecule has 2 rings (SSSR count). The molecule has 0 heterocycles. The van der Waals surface area contributed by atoms with Gasteiger partial charge in [-0.1, -0.05) is 29.8 Å². The number of nitrogens with zero attached hydrogens (tertiary/aromatic N) is 1. The third-order valence-electron chi connectivity index (χ3n) is 3.38. The van der Waals surface area contributed by atoms with Gasteiger partial charge < -0.3 is 20.1 Å². The zero-order valence-corrected chi connectivity index (χ0v) is 13.9. The number of nitrogens with one attached hydrogen (secondary N) is 1. The number of urea groups is 1. The zero-order chi connectivity index (χ0) is 17.5. The molecule has 24 heavy (non-hydrogen) atoms. The molecule has 0 aliphatic rings. The van der Waals surface area contributed by atoms with Crippen molar-refractivity contribution in [2.24, 2.45) is 0 Å². The second-order valence-electron chi connectivity index (χ2n) is 5.02. The summed E-state index contributed by atoms with van der Waals surface area (Å²) >= 11 is 5.63. The van der Waals surface area contributed by atoms with E-state index >= 15 is 0 Å². The average Bonchev–Trinajstić information content (AvgIpc) is 2.58. The molecule has 0 atom stereocenters. The Morgan fingerprint density at radius 1 is 1.33 bits per heavy atom. The molecule has 0 fully saturated rings. The van der Waals surface area contributed by atoms with Crippen LogP contribution in [0.25, 0.3) is 0 Å². The van der Waals surface area contributed by atoms with Crippen molar-refractivity contribution in [1.82, 2.24) is 4.90 Å². The number of rotatable bonds is 6. The number of ether oxygens (including phenoxy) is 1. The second kappa shape index (κ2) is 8.52. The Balaban J connectivity index is 2.13. The maximum atomic E-state index is 13.5. The lowest BCUT2D eigenvalue weighted by molar-refractivity contribution is 0.184.